The van der Waals surface area contributed by atoms with E-state index in [2.05, 4.69) is 10.3 Å². The summed E-state index contributed by atoms with van der Waals surface area (Å²) in [5.74, 6) is 1.08. The molecule has 5 nitrogen and oxygen atoms in total. The molecule has 0 heterocycles. The average molecular weight is 314 g/mol. The van der Waals surface area contributed by atoms with Gasteiger partial charge in [-0.05, 0) is 32.4 Å². The van der Waals surface area contributed by atoms with E-state index in [0.29, 0.717) is 23.3 Å². The van der Waals surface area contributed by atoms with Crippen LogP contribution in [0.3, 0.4) is 0 Å². The molecule has 21 heavy (non-hydrogen) atoms. The van der Waals surface area contributed by atoms with Gasteiger partial charge in [-0.3, -0.25) is 0 Å². The van der Waals surface area contributed by atoms with Crippen LogP contribution in [0.4, 0.5) is 0 Å². The van der Waals surface area contributed by atoms with Crippen molar-refractivity contribution < 1.29 is 9.47 Å². The van der Waals surface area contributed by atoms with Crippen molar-refractivity contribution in [2.45, 2.75) is 26.4 Å². The number of halogens is 1. The topological polar surface area (TPSA) is 68.9 Å². The van der Waals surface area contributed by atoms with E-state index in [9.17, 15) is 0 Å². The van der Waals surface area contributed by atoms with Crippen LogP contribution in [-0.2, 0) is 4.74 Å². The maximum absolute atomic E-state index is 6.03. The van der Waals surface area contributed by atoms with Crippen LogP contribution in [-0.4, -0.2) is 38.4 Å². The highest BCUT2D eigenvalue weighted by atomic mass is 35.5. The lowest BCUT2D eigenvalue weighted by Crippen LogP contribution is -2.34. The van der Waals surface area contributed by atoms with Crippen molar-refractivity contribution in [1.29, 1.82) is 0 Å². The molecule has 0 spiro atoms. The summed E-state index contributed by atoms with van der Waals surface area (Å²) in [5, 5.41) is 3.63. The summed E-state index contributed by atoms with van der Waals surface area (Å²) in [4.78, 5) is 4.24. The van der Waals surface area contributed by atoms with Gasteiger partial charge in [0.25, 0.3) is 0 Å². The number of nitrogens with two attached hydrogens (primary N) is 1. The van der Waals surface area contributed by atoms with Crippen molar-refractivity contribution in [3.05, 3.63) is 29.3 Å². The standard InChI is InChI=1S/C15H24ClN3O2/c1-3-20-10-6-9-18-15(17)19-11-12(2)21-14-8-5-4-7-13(14)16/h4-5,7-8,12H,3,6,9-11H2,1-2H3,(H3,17,18,19). The minimum absolute atomic E-state index is 0.103. The van der Waals surface area contributed by atoms with Crippen LogP contribution in [0.15, 0.2) is 29.3 Å². The van der Waals surface area contributed by atoms with Crippen LogP contribution in [0.1, 0.15) is 20.3 Å². The number of nitrogens with one attached hydrogen (secondary N) is 1. The van der Waals surface area contributed by atoms with E-state index in [1.54, 1.807) is 6.07 Å². The fraction of sp³-hybridized carbons (Fsp3) is 0.533. The summed E-state index contributed by atoms with van der Waals surface area (Å²) in [7, 11) is 0. The van der Waals surface area contributed by atoms with E-state index in [1.165, 1.54) is 0 Å². The Morgan fingerprint density at radius 2 is 2.19 bits per heavy atom. The first-order valence-electron chi connectivity index (χ1n) is 7.16. The third-order valence-corrected chi connectivity index (χ3v) is 2.97. The maximum atomic E-state index is 6.03. The highest BCUT2D eigenvalue weighted by molar-refractivity contribution is 6.32. The monoisotopic (exact) mass is 313 g/mol. The molecular weight excluding hydrogens is 290 g/mol. The van der Waals surface area contributed by atoms with Gasteiger partial charge < -0.3 is 20.5 Å². The molecule has 1 unspecified atom stereocenters. The second kappa shape index (κ2) is 10.3. The maximum Gasteiger partial charge on any atom is 0.188 e. The molecule has 0 aliphatic rings. The van der Waals surface area contributed by atoms with Gasteiger partial charge >= 0.3 is 0 Å². The number of benzene rings is 1. The zero-order valence-corrected chi connectivity index (χ0v) is 13.4. The molecule has 118 valence electrons. The fourth-order valence-corrected chi connectivity index (χ4v) is 1.79. The molecule has 1 aromatic carbocycles. The van der Waals surface area contributed by atoms with Crippen LogP contribution >= 0.6 is 11.6 Å². The second-order valence-corrected chi connectivity index (χ2v) is 4.97. The van der Waals surface area contributed by atoms with Crippen LogP contribution < -0.4 is 15.8 Å². The number of hydrogen-bond donors (Lipinski definition) is 2. The third kappa shape index (κ3) is 7.78. The largest absolute Gasteiger partial charge is 0.487 e. The second-order valence-electron chi connectivity index (χ2n) is 4.56. The summed E-state index contributed by atoms with van der Waals surface area (Å²) in [5.41, 5.74) is 5.78. The van der Waals surface area contributed by atoms with Crippen molar-refractivity contribution in [1.82, 2.24) is 5.32 Å². The summed E-state index contributed by atoms with van der Waals surface area (Å²) in [6.45, 7) is 6.58. The molecule has 0 aliphatic carbocycles. The van der Waals surface area contributed by atoms with E-state index in [4.69, 9.17) is 26.8 Å². The highest BCUT2D eigenvalue weighted by Crippen LogP contribution is 2.24. The number of guanidine groups is 1. The Kier molecular flexibility index (Phi) is 8.62. The van der Waals surface area contributed by atoms with Gasteiger partial charge in [-0.1, -0.05) is 23.7 Å². The Morgan fingerprint density at radius 1 is 1.43 bits per heavy atom. The molecule has 1 rings (SSSR count). The predicted octanol–water partition coefficient (Wildman–Crippen LogP) is 2.44. The minimum atomic E-state index is -0.103. The SMILES string of the molecule is CCOCCCNC(N)=NCC(C)Oc1ccccc1Cl. The number of nitrogens with zero attached hydrogens (tertiary/aromatic N) is 1. The number of ether oxygens (including phenoxy) is 2. The van der Waals surface area contributed by atoms with Gasteiger partial charge in [-0.15, -0.1) is 0 Å². The smallest absolute Gasteiger partial charge is 0.188 e. The average Bonchev–Trinajstić information content (AvgIpc) is 2.47. The highest BCUT2D eigenvalue weighted by Gasteiger charge is 2.06. The van der Waals surface area contributed by atoms with Gasteiger partial charge in [-0.2, -0.15) is 0 Å². The predicted molar refractivity (Wildman–Crippen MR) is 87.1 cm³/mol. The van der Waals surface area contributed by atoms with Gasteiger partial charge in [0.2, 0.25) is 0 Å². The van der Waals surface area contributed by atoms with Crippen LogP contribution in [0, 0.1) is 0 Å². The van der Waals surface area contributed by atoms with Gasteiger partial charge in [0.1, 0.15) is 11.9 Å². The molecule has 0 saturated heterocycles. The fourth-order valence-electron chi connectivity index (χ4n) is 1.61. The zero-order valence-electron chi connectivity index (χ0n) is 12.6. The lowest BCUT2D eigenvalue weighted by atomic mass is 10.3. The normalized spacial score (nSPS) is 13.0. The Balaban J connectivity index is 2.26. The molecule has 0 radical (unpaired) electrons. The van der Waals surface area contributed by atoms with E-state index in [-0.39, 0.29) is 6.10 Å². The van der Waals surface area contributed by atoms with Crippen LogP contribution in [0.2, 0.25) is 5.02 Å². The number of aliphatic imine (C=N–C) groups is 1. The van der Waals surface area contributed by atoms with Crippen molar-refractivity contribution in [3.63, 3.8) is 0 Å². The Hall–Kier alpha value is -1.46. The number of rotatable bonds is 9. The van der Waals surface area contributed by atoms with E-state index in [1.807, 2.05) is 32.0 Å². The first kappa shape index (κ1) is 17.6. The van der Waals surface area contributed by atoms with Gasteiger partial charge in [-0.25, -0.2) is 4.99 Å². The first-order valence-corrected chi connectivity index (χ1v) is 7.54. The molecule has 0 fully saturated rings. The molecule has 0 amide bonds. The Bertz CT molecular complexity index is 441. The molecule has 6 heteroatoms. The van der Waals surface area contributed by atoms with Crippen molar-refractivity contribution in [2.24, 2.45) is 10.7 Å². The lowest BCUT2D eigenvalue weighted by molar-refractivity contribution is 0.145. The summed E-state index contributed by atoms with van der Waals surface area (Å²) < 4.78 is 10.9. The Morgan fingerprint density at radius 3 is 2.90 bits per heavy atom. The van der Waals surface area contributed by atoms with E-state index in [0.717, 1.165) is 26.2 Å². The van der Waals surface area contributed by atoms with E-state index < -0.39 is 0 Å². The zero-order chi connectivity index (χ0) is 15.5. The van der Waals surface area contributed by atoms with Crippen LogP contribution in [0.25, 0.3) is 0 Å². The molecule has 0 bridgehead atoms. The van der Waals surface area contributed by atoms with Gasteiger partial charge in [0.05, 0.1) is 11.6 Å². The van der Waals surface area contributed by atoms with Crippen LogP contribution in [0.5, 0.6) is 5.75 Å². The van der Waals surface area contributed by atoms with Gasteiger partial charge in [0.15, 0.2) is 5.96 Å². The summed E-state index contributed by atoms with van der Waals surface area (Å²) in [6, 6.07) is 7.37. The molecule has 0 aromatic heterocycles. The number of para-hydroxylation sites is 1. The van der Waals surface area contributed by atoms with E-state index >= 15 is 0 Å². The van der Waals surface area contributed by atoms with Gasteiger partial charge in [0, 0.05) is 19.8 Å². The van der Waals surface area contributed by atoms with Crippen molar-refractivity contribution in [2.75, 3.05) is 26.3 Å². The summed E-state index contributed by atoms with van der Waals surface area (Å²) >= 11 is 6.03. The molecule has 0 aliphatic heterocycles. The first-order chi connectivity index (χ1) is 10.1. The molecular formula is C15H24ClN3O2. The molecule has 3 N–H and O–H groups in total. The Labute approximate surface area is 131 Å². The quantitative estimate of drug-likeness (QED) is 0.417. The van der Waals surface area contributed by atoms with Crippen molar-refractivity contribution >= 4 is 17.6 Å². The third-order valence-electron chi connectivity index (χ3n) is 2.66. The lowest BCUT2D eigenvalue weighted by Gasteiger charge is -2.14. The number of hydrogen-bond acceptors (Lipinski definition) is 3. The molecule has 1 aromatic rings. The van der Waals surface area contributed by atoms with Crippen molar-refractivity contribution in [3.8, 4) is 5.75 Å². The molecule has 1 atom stereocenters. The minimum Gasteiger partial charge on any atom is -0.487 e. The summed E-state index contributed by atoms with van der Waals surface area (Å²) in [6.07, 6.45) is 0.795. The molecule has 0 saturated carbocycles.